The average molecular weight is 343 g/mol. The van der Waals surface area contributed by atoms with Crippen LogP contribution in [0.15, 0.2) is 12.4 Å². The van der Waals surface area contributed by atoms with E-state index in [1.54, 1.807) is 0 Å². The van der Waals surface area contributed by atoms with E-state index in [9.17, 15) is 18.0 Å². The van der Waals surface area contributed by atoms with Crippen LogP contribution in [0.2, 0.25) is 0 Å². The van der Waals surface area contributed by atoms with E-state index >= 15 is 0 Å². The number of hydrogen-bond acceptors (Lipinski definition) is 2. The van der Waals surface area contributed by atoms with Crippen LogP contribution in [-0.2, 0) is 11.2 Å². The molecule has 134 valence electrons. The Morgan fingerprint density at radius 3 is 2.50 bits per heavy atom. The van der Waals surface area contributed by atoms with Gasteiger partial charge in [0.15, 0.2) is 0 Å². The van der Waals surface area contributed by atoms with E-state index in [0.29, 0.717) is 32.4 Å². The molecular weight excluding hydrogens is 319 g/mol. The summed E-state index contributed by atoms with van der Waals surface area (Å²) in [6.07, 6.45) is 3.15. The molecule has 24 heavy (non-hydrogen) atoms. The van der Waals surface area contributed by atoms with Crippen LogP contribution in [-0.4, -0.2) is 39.9 Å². The van der Waals surface area contributed by atoms with Crippen molar-refractivity contribution in [1.29, 1.82) is 0 Å². The van der Waals surface area contributed by atoms with Gasteiger partial charge in [-0.15, -0.1) is 0 Å². The van der Waals surface area contributed by atoms with Crippen molar-refractivity contribution in [2.24, 2.45) is 5.41 Å². The average Bonchev–Trinajstić information content (AvgIpc) is 2.93. The fraction of sp³-hybridized carbons (Fsp3) is 0.765. The predicted molar refractivity (Wildman–Crippen MR) is 83.4 cm³/mol. The van der Waals surface area contributed by atoms with Crippen molar-refractivity contribution in [2.45, 2.75) is 64.1 Å². The summed E-state index contributed by atoms with van der Waals surface area (Å²) in [5, 5.41) is 4.38. The summed E-state index contributed by atoms with van der Waals surface area (Å²) in [6, 6.07) is 0.169. The van der Waals surface area contributed by atoms with Crippen molar-refractivity contribution in [3.63, 3.8) is 0 Å². The summed E-state index contributed by atoms with van der Waals surface area (Å²) < 4.78 is 41.9. The van der Waals surface area contributed by atoms with E-state index in [2.05, 4.69) is 12.0 Å². The predicted octanol–water partition coefficient (Wildman–Crippen LogP) is 3.73. The Morgan fingerprint density at radius 1 is 1.33 bits per heavy atom. The van der Waals surface area contributed by atoms with Gasteiger partial charge >= 0.3 is 6.18 Å². The number of carbonyl (C=O) groups excluding carboxylic acids is 1. The number of amides is 1. The van der Waals surface area contributed by atoms with Gasteiger partial charge in [0.05, 0.1) is 12.2 Å². The van der Waals surface area contributed by atoms with Crippen LogP contribution in [0, 0.1) is 5.41 Å². The summed E-state index contributed by atoms with van der Waals surface area (Å²) in [4.78, 5) is 13.9. The number of aryl methyl sites for hydroxylation is 1. The zero-order valence-electron chi connectivity index (χ0n) is 14.0. The van der Waals surface area contributed by atoms with Crippen LogP contribution >= 0.6 is 0 Å². The highest BCUT2D eigenvalue weighted by Gasteiger charge is 2.64. The number of aromatic nitrogens is 2. The van der Waals surface area contributed by atoms with E-state index < -0.39 is 17.5 Å². The van der Waals surface area contributed by atoms with Crippen molar-refractivity contribution in [3.05, 3.63) is 18.0 Å². The SMILES string of the molecule is CCCc1cnn(C2CCN(C(=O)C3(C(F)(F)F)CCC3)CC2)c1. The minimum atomic E-state index is -4.43. The van der Waals surface area contributed by atoms with Gasteiger partial charge in [-0.1, -0.05) is 19.8 Å². The van der Waals surface area contributed by atoms with E-state index in [1.807, 2.05) is 17.1 Å². The van der Waals surface area contributed by atoms with Gasteiger partial charge in [0.25, 0.3) is 0 Å². The van der Waals surface area contributed by atoms with Crippen molar-refractivity contribution in [2.75, 3.05) is 13.1 Å². The van der Waals surface area contributed by atoms with Gasteiger partial charge in [0.1, 0.15) is 5.41 Å². The summed E-state index contributed by atoms with van der Waals surface area (Å²) in [6.45, 7) is 2.87. The highest BCUT2D eigenvalue weighted by Crippen LogP contribution is 2.54. The van der Waals surface area contributed by atoms with Crippen molar-refractivity contribution in [1.82, 2.24) is 14.7 Å². The zero-order valence-corrected chi connectivity index (χ0v) is 14.0. The first-order chi connectivity index (χ1) is 11.4. The van der Waals surface area contributed by atoms with E-state index in [1.165, 1.54) is 10.5 Å². The van der Waals surface area contributed by atoms with E-state index in [-0.39, 0.29) is 18.9 Å². The third-order valence-corrected chi connectivity index (χ3v) is 5.48. The molecule has 2 fully saturated rings. The van der Waals surface area contributed by atoms with Gasteiger partial charge in [-0.3, -0.25) is 9.48 Å². The second-order valence-electron chi connectivity index (χ2n) is 7.04. The largest absolute Gasteiger partial charge is 0.403 e. The van der Waals surface area contributed by atoms with Crippen LogP contribution in [0.25, 0.3) is 0 Å². The lowest BCUT2D eigenvalue weighted by Crippen LogP contribution is -2.57. The molecule has 1 saturated heterocycles. The fourth-order valence-corrected chi connectivity index (χ4v) is 3.78. The number of carbonyl (C=O) groups is 1. The third kappa shape index (κ3) is 2.93. The molecule has 1 amide bonds. The first-order valence-corrected chi connectivity index (χ1v) is 8.76. The lowest BCUT2D eigenvalue weighted by Gasteiger charge is -2.45. The van der Waals surface area contributed by atoms with Gasteiger partial charge in [0, 0.05) is 19.3 Å². The first kappa shape index (κ1) is 17.3. The minimum Gasteiger partial charge on any atom is -0.342 e. The zero-order chi connectivity index (χ0) is 17.4. The molecule has 0 bridgehead atoms. The molecular formula is C17H24F3N3O. The Morgan fingerprint density at radius 2 is 2.00 bits per heavy atom. The summed E-state index contributed by atoms with van der Waals surface area (Å²) in [5.41, 5.74) is -0.929. The van der Waals surface area contributed by atoms with Gasteiger partial charge in [-0.25, -0.2) is 0 Å². The molecule has 0 spiro atoms. The molecule has 3 rings (SSSR count). The second kappa shape index (κ2) is 6.41. The number of piperidine rings is 1. The highest BCUT2D eigenvalue weighted by molar-refractivity contribution is 5.84. The molecule has 0 unspecified atom stereocenters. The maximum Gasteiger partial charge on any atom is 0.403 e. The van der Waals surface area contributed by atoms with Gasteiger partial charge < -0.3 is 4.90 Å². The molecule has 4 nitrogen and oxygen atoms in total. The Hall–Kier alpha value is -1.53. The van der Waals surface area contributed by atoms with Crippen LogP contribution in [0.5, 0.6) is 0 Å². The van der Waals surface area contributed by atoms with E-state index in [0.717, 1.165) is 12.8 Å². The molecule has 0 atom stereocenters. The Bertz CT molecular complexity index is 584. The maximum atomic E-state index is 13.3. The molecule has 1 aliphatic carbocycles. The van der Waals surface area contributed by atoms with Crippen molar-refractivity contribution in [3.8, 4) is 0 Å². The van der Waals surface area contributed by atoms with Crippen molar-refractivity contribution < 1.29 is 18.0 Å². The summed E-state index contributed by atoms with van der Waals surface area (Å²) in [5.74, 6) is -0.716. The standard InChI is InChI=1S/C17H24F3N3O/c1-2-4-13-11-21-23(12-13)14-5-9-22(10-6-14)15(24)16(7-3-8-16)17(18,19)20/h11-12,14H,2-10H2,1H3. The topological polar surface area (TPSA) is 38.1 Å². The Kier molecular flexibility index (Phi) is 4.62. The van der Waals surface area contributed by atoms with Crippen LogP contribution < -0.4 is 0 Å². The molecule has 1 aromatic heterocycles. The van der Waals surface area contributed by atoms with Gasteiger partial charge in [-0.2, -0.15) is 18.3 Å². The van der Waals surface area contributed by atoms with Crippen LogP contribution in [0.4, 0.5) is 13.2 Å². The van der Waals surface area contributed by atoms with Crippen LogP contribution in [0.1, 0.15) is 57.1 Å². The first-order valence-electron chi connectivity index (χ1n) is 8.76. The normalized spacial score (nSPS) is 21.6. The molecule has 1 aliphatic heterocycles. The lowest BCUT2D eigenvalue weighted by molar-refractivity contribution is -0.248. The Labute approximate surface area is 140 Å². The molecule has 0 radical (unpaired) electrons. The minimum absolute atomic E-state index is 0.0607. The number of nitrogens with zero attached hydrogens (tertiary/aromatic N) is 3. The third-order valence-electron chi connectivity index (χ3n) is 5.48. The quantitative estimate of drug-likeness (QED) is 0.835. The highest BCUT2D eigenvalue weighted by atomic mass is 19.4. The van der Waals surface area contributed by atoms with Crippen molar-refractivity contribution >= 4 is 5.91 Å². The van der Waals surface area contributed by atoms with Crippen LogP contribution in [0.3, 0.4) is 0 Å². The number of halogens is 3. The number of rotatable bonds is 4. The number of likely N-dealkylation sites (tertiary alicyclic amines) is 1. The molecule has 1 aromatic rings. The fourth-order valence-electron chi connectivity index (χ4n) is 3.78. The molecule has 0 N–H and O–H groups in total. The van der Waals surface area contributed by atoms with Gasteiger partial charge in [0.2, 0.25) is 5.91 Å². The molecule has 1 saturated carbocycles. The molecule has 2 heterocycles. The monoisotopic (exact) mass is 343 g/mol. The molecule has 0 aromatic carbocycles. The smallest absolute Gasteiger partial charge is 0.342 e. The van der Waals surface area contributed by atoms with E-state index in [4.69, 9.17) is 0 Å². The second-order valence-corrected chi connectivity index (χ2v) is 7.04. The summed E-state index contributed by atoms with van der Waals surface area (Å²) >= 11 is 0. The summed E-state index contributed by atoms with van der Waals surface area (Å²) in [7, 11) is 0. The number of hydrogen-bond donors (Lipinski definition) is 0. The molecule has 2 aliphatic rings. The molecule has 7 heteroatoms. The van der Waals surface area contributed by atoms with Gasteiger partial charge in [-0.05, 0) is 37.7 Å². The Balaban J connectivity index is 1.61. The lowest BCUT2D eigenvalue weighted by atomic mass is 9.67. The number of alkyl halides is 3. The maximum absolute atomic E-state index is 13.3.